The fourth-order valence-electron chi connectivity index (χ4n) is 1.63. The van der Waals surface area contributed by atoms with E-state index < -0.39 is 0 Å². The maximum Gasteiger partial charge on any atom is 0.145 e. The number of hydrogen-bond donors (Lipinski definition) is 1. The van der Waals surface area contributed by atoms with Gasteiger partial charge in [-0.15, -0.1) is 11.3 Å². The van der Waals surface area contributed by atoms with Gasteiger partial charge in [0.2, 0.25) is 0 Å². The van der Waals surface area contributed by atoms with Crippen LogP contribution in [0.2, 0.25) is 10.0 Å². The maximum atomic E-state index is 6.11. The molecule has 0 fully saturated rings. The molecule has 1 N–H and O–H groups in total. The molecule has 0 saturated carbocycles. The predicted octanol–water partition coefficient (Wildman–Crippen LogP) is 4.68. The third kappa shape index (κ3) is 3.47. The Labute approximate surface area is 126 Å². The monoisotopic (exact) mass is 317 g/mol. The van der Waals surface area contributed by atoms with Gasteiger partial charge in [0.25, 0.3) is 0 Å². The molecule has 6 heteroatoms. The standard InChI is InChI=1S/C13H13Cl2NO2S/c1-17-12-5-13(18-2)11(4-10(12)15)16-6-9-3-8(14)7-19-9/h3-5,7,16H,6H2,1-2H3. The summed E-state index contributed by atoms with van der Waals surface area (Å²) in [7, 11) is 3.18. The predicted molar refractivity (Wildman–Crippen MR) is 81.2 cm³/mol. The first-order chi connectivity index (χ1) is 9.13. The molecule has 0 aliphatic rings. The first kappa shape index (κ1) is 14.3. The highest BCUT2D eigenvalue weighted by Gasteiger charge is 2.10. The van der Waals surface area contributed by atoms with Crippen molar-refractivity contribution in [1.82, 2.24) is 0 Å². The molecule has 0 spiro atoms. The number of methoxy groups -OCH3 is 2. The molecule has 19 heavy (non-hydrogen) atoms. The third-order valence-corrected chi connectivity index (χ3v) is 4.13. The van der Waals surface area contributed by atoms with Crippen LogP contribution in [0.1, 0.15) is 4.88 Å². The minimum absolute atomic E-state index is 0.537. The Balaban J connectivity index is 2.17. The van der Waals surface area contributed by atoms with Crippen LogP contribution in [0.3, 0.4) is 0 Å². The summed E-state index contributed by atoms with van der Waals surface area (Å²) in [6.07, 6.45) is 0. The third-order valence-electron chi connectivity index (χ3n) is 2.55. The zero-order valence-corrected chi connectivity index (χ0v) is 12.8. The lowest BCUT2D eigenvalue weighted by atomic mass is 10.2. The van der Waals surface area contributed by atoms with Gasteiger partial charge in [0.15, 0.2) is 0 Å². The Bertz CT molecular complexity index is 572. The Morgan fingerprint density at radius 3 is 2.42 bits per heavy atom. The normalized spacial score (nSPS) is 10.3. The zero-order valence-electron chi connectivity index (χ0n) is 10.5. The van der Waals surface area contributed by atoms with Crippen LogP contribution in [-0.4, -0.2) is 14.2 Å². The fraction of sp³-hybridized carbons (Fsp3) is 0.231. The van der Waals surface area contributed by atoms with Crippen molar-refractivity contribution in [2.45, 2.75) is 6.54 Å². The molecule has 0 aliphatic heterocycles. The average Bonchev–Trinajstić information content (AvgIpc) is 2.82. The Morgan fingerprint density at radius 2 is 1.84 bits per heavy atom. The van der Waals surface area contributed by atoms with Crippen molar-refractivity contribution in [3.63, 3.8) is 0 Å². The lowest BCUT2D eigenvalue weighted by Crippen LogP contribution is -2.00. The van der Waals surface area contributed by atoms with Gasteiger partial charge in [-0.1, -0.05) is 23.2 Å². The minimum Gasteiger partial charge on any atom is -0.495 e. The maximum absolute atomic E-state index is 6.11. The lowest BCUT2D eigenvalue weighted by Gasteiger charge is -2.13. The van der Waals surface area contributed by atoms with E-state index in [1.54, 1.807) is 37.7 Å². The Hall–Kier alpha value is -1.10. The molecule has 0 atom stereocenters. The summed E-state index contributed by atoms with van der Waals surface area (Å²) >= 11 is 13.6. The lowest BCUT2D eigenvalue weighted by molar-refractivity contribution is 0.395. The molecule has 0 unspecified atom stereocenters. The van der Waals surface area contributed by atoms with Crippen LogP contribution >= 0.6 is 34.5 Å². The van der Waals surface area contributed by atoms with Gasteiger partial charge >= 0.3 is 0 Å². The first-order valence-corrected chi connectivity index (χ1v) is 7.16. The largest absolute Gasteiger partial charge is 0.495 e. The Kier molecular flexibility index (Phi) is 4.80. The van der Waals surface area contributed by atoms with Crippen LogP contribution in [0.4, 0.5) is 5.69 Å². The van der Waals surface area contributed by atoms with Crippen LogP contribution in [0.25, 0.3) is 0 Å². The molecule has 0 radical (unpaired) electrons. The summed E-state index contributed by atoms with van der Waals surface area (Å²) in [4.78, 5) is 1.14. The van der Waals surface area contributed by atoms with E-state index in [0.717, 1.165) is 15.6 Å². The summed E-state index contributed by atoms with van der Waals surface area (Å²) in [5, 5.41) is 6.46. The fourth-order valence-corrected chi connectivity index (χ4v) is 2.88. The van der Waals surface area contributed by atoms with Crippen molar-refractivity contribution in [2.75, 3.05) is 19.5 Å². The van der Waals surface area contributed by atoms with Gasteiger partial charge in [-0.3, -0.25) is 0 Å². The molecule has 0 aliphatic carbocycles. The molecule has 1 heterocycles. The second-order valence-electron chi connectivity index (χ2n) is 3.77. The second kappa shape index (κ2) is 6.37. The molecule has 2 aromatic rings. The molecule has 3 nitrogen and oxygen atoms in total. The van der Waals surface area contributed by atoms with Gasteiger partial charge in [-0.2, -0.15) is 0 Å². The van der Waals surface area contributed by atoms with Crippen LogP contribution < -0.4 is 14.8 Å². The molecule has 0 saturated heterocycles. The Morgan fingerprint density at radius 1 is 1.11 bits per heavy atom. The summed E-state index contributed by atoms with van der Waals surface area (Å²) < 4.78 is 10.5. The number of halogens is 2. The number of benzene rings is 1. The van der Waals surface area contributed by atoms with E-state index in [9.17, 15) is 0 Å². The number of ether oxygens (including phenoxy) is 2. The van der Waals surface area contributed by atoms with Gasteiger partial charge in [0.05, 0.1) is 30.0 Å². The number of hydrogen-bond acceptors (Lipinski definition) is 4. The van der Waals surface area contributed by atoms with Crippen molar-refractivity contribution in [1.29, 1.82) is 0 Å². The van der Waals surface area contributed by atoms with Crippen LogP contribution in [-0.2, 0) is 6.54 Å². The molecule has 0 bridgehead atoms. The van der Waals surface area contributed by atoms with E-state index in [1.807, 2.05) is 11.4 Å². The molecule has 1 aromatic carbocycles. The van der Waals surface area contributed by atoms with Crippen LogP contribution in [0, 0.1) is 0 Å². The SMILES string of the molecule is COc1cc(OC)c(NCc2cc(Cl)cs2)cc1Cl. The van der Waals surface area contributed by atoms with Gasteiger partial charge in [0.1, 0.15) is 11.5 Å². The van der Waals surface area contributed by atoms with Crippen molar-refractivity contribution in [3.05, 3.63) is 38.5 Å². The summed E-state index contributed by atoms with van der Waals surface area (Å²) in [6, 6.07) is 5.47. The van der Waals surface area contributed by atoms with E-state index in [4.69, 9.17) is 32.7 Å². The first-order valence-electron chi connectivity index (χ1n) is 5.52. The van der Waals surface area contributed by atoms with E-state index in [-0.39, 0.29) is 0 Å². The quantitative estimate of drug-likeness (QED) is 0.868. The van der Waals surface area contributed by atoms with Crippen molar-refractivity contribution < 1.29 is 9.47 Å². The molecule has 0 amide bonds. The average molecular weight is 318 g/mol. The molecule has 2 rings (SSSR count). The highest BCUT2D eigenvalue weighted by atomic mass is 35.5. The van der Waals surface area contributed by atoms with E-state index >= 15 is 0 Å². The van der Waals surface area contributed by atoms with Crippen molar-refractivity contribution >= 4 is 40.2 Å². The zero-order chi connectivity index (χ0) is 13.8. The van der Waals surface area contributed by atoms with E-state index in [0.29, 0.717) is 23.1 Å². The van der Waals surface area contributed by atoms with Gasteiger partial charge in [0, 0.05) is 22.9 Å². The number of rotatable bonds is 5. The topological polar surface area (TPSA) is 30.5 Å². The summed E-state index contributed by atoms with van der Waals surface area (Å²) in [6.45, 7) is 0.663. The molecular formula is C13H13Cl2NO2S. The van der Waals surface area contributed by atoms with Crippen LogP contribution in [0.15, 0.2) is 23.6 Å². The number of anilines is 1. The molecule has 1 aromatic heterocycles. The summed E-state index contributed by atoms with van der Waals surface area (Å²) in [5.41, 5.74) is 0.817. The van der Waals surface area contributed by atoms with Crippen LogP contribution in [0.5, 0.6) is 11.5 Å². The number of thiophene rings is 1. The summed E-state index contributed by atoms with van der Waals surface area (Å²) in [5.74, 6) is 1.27. The smallest absolute Gasteiger partial charge is 0.145 e. The van der Waals surface area contributed by atoms with Gasteiger partial charge in [-0.25, -0.2) is 0 Å². The molecule has 102 valence electrons. The van der Waals surface area contributed by atoms with E-state index in [1.165, 1.54) is 0 Å². The van der Waals surface area contributed by atoms with Crippen molar-refractivity contribution in [2.24, 2.45) is 0 Å². The van der Waals surface area contributed by atoms with Gasteiger partial charge < -0.3 is 14.8 Å². The number of nitrogens with one attached hydrogen (secondary N) is 1. The van der Waals surface area contributed by atoms with Gasteiger partial charge in [-0.05, 0) is 12.1 Å². The van der Waals surface area contributed by atoms with Crippen molar-refractivity contribution in [3.8, 4) is 11.5 Å². The highest BCUT2D eigenvalue weighted by molar-refractivity contribution is 7.10. The second-order valence-corrected chi connectivity index (χ2v) is 5.61. The highest BCUT2D eigenvalue weighted by Crippen LogP contribution is 2.36. The molecular weight excluding hydrogens is 305 g/mol. The van der Waals surface area contributed by atoms with E-state index in [2.05, 4.69) is 5.32 Å². The minimum atomic E-state index is 0.537.